The third-order valence-electron chi connectivity index (χ3n) is 4.45. The Morgan fingerprint density at radius 1 is 1.42 bits per heavy atom. The van der Waals surface area contributed by atoms with E-state index in [0.717, 1.165) is 31.7 Å². The van der Waals surface area contributed by atoms with Gasteiger partial charge in [0.05, 0.1) is 24.5 Å². The Hall–Kier alpha value is -1.70. The van der Waals surface area contributed by atoms with Gasteiger partial charge in [0.25, 0.3) is 0 Å². The van der Waals surface area contributed by atoms with Gasteiger partial charge in [-0.2, -0.15) is 4.98 Å². The van der Waals surface area contributed by atoms with E-state index in [0.29, 0.717) is 24.2 Å². The number of aliphatic hydroxyl groups is 1. The molecule has 7 nitrogen and oxygen atoms in total. The van der Waals surface area contributed by atoms with E-state index in [1.807, 2.05) is 13.0 Å². The molecule has 0 unspecified atom stereocenters. The first-order valence-corrected chi connectivity index (χ1v) is 8.54. The van der Waals surface area contributed by atoms with E-state index in [4.69, 9.17) is 8.94 Å². The molecule has 0 bridgehead atoms. The van der Waals surface area contributed by atoms with Gasteiger partial charge in [-0.25, -0.2) is 0 Å². The first-order valence-electron chi connectivity index (χ1n) is 8.54. The summed E-state index contributed by atoms with van der Waals surface area (Å²) in [7, 11) is 2.09. The van der Waals surface area contributed by atoms with E-state index in [2.05, 4.69) is 27.0 Å². The Morgan fingerprint density at radius 3 is 2.88 bits per heavy atom. The fourth-order valence-corrected chi connectivity index (χ4v) is 3.29. The first-order chi connectivity index (χ1) is 11.6. The maximum absolute atomic E-state index is 9.47. The van der Waals surface area contributed by atoms with E-state index in [9.17, 15) is 5.11 Å². The van der Waals surface area contributed by atoms with E-state index >= 15 is 0 Å². The highest BCUT2D eigenvalue weighted by molar-refractivity contribution is 5.51. The van der Waals surface area contributed by atoms with Gasteiger partial charge >= 0.3 is 0 Å². The minimum atomic E-state index is -0.244. The fraction of sp³-hybridized carbons (Fsp3) is 0.647. The number of β-amino-alcohol motifs (C(OH)–C–C–N with tert-alkyl or cyclic N) is 1. The molecule has 24 heavy (non-hydrogen) atoms. The second-order valence-corrected chi connectivity index (χ2v) is 6.81. The van der Waals surface area contributed by atoms with Crippen LogP contribution in [-0.2, 0) is 6.54 Å². The zero-order valence-corrected chi connectivity index (χ0v) is 14.4. The largest absolute Gasteiger partial charge is 0.472 e. The smallest absolute Gasteiger partial charge is 0.241 e. The summed E-state index contributed by atoms with van der Waals surface area (Å²) in [6, 6.07) is 1.82. The summed E-state index contributed by atoms with van der Waals surface area (Å²) < 4.78 is 10.4. The van der Waals surface area contributed by atoms with Crippen molar-refractivity contribution in [3.8, 4) is 11.4 Å². The molecule has 3 rings (SSSR count). The van der Waals surface area contributed by atoms with Gasteiger partial charge in [0.2, 0.25) is 11.7 Å². The van der Waals surface area contributed by atoms with Crippen molar-refractivity contribution in [2.75, 3.05) is 33.2 Å². The average molecular weight is 334 g/mol. The predicted molar refractivity (Wildman–Crippen MR) is 89.2 cm³/mol. The van der Waals surface area contributed by atoms with Crippen LogP contribution in [0.4, 0.5) is 0 Å². The molecule has 3 heterocycles. The van der Waals surface area contributed by atoms with Crippen molar-refractivity contribution in [2.45, 2.75) is 32.4 Å². The maximum Gasteiger partial charge on any atom is 0.241 e. The zero-order valence-electron chi connectivity index (χ0n) is 14.4. The van der Waals surface area contributed by atoms with Gasteiger partial charge in [-0.05, 0) is 51.9 Å². The summed E-state index contributed by atoms with van der Waals surface area (Å²) in [6.45, 7) is 6.43. The van der Waals surface area contributed by atoms with Gasteiger partial charge in [0.15, 0.2) is 0 Å². The highest BCUT2D eigenvalue weighted by Gasteiger charge is 2.22. The maximum atomic E-state index is 9.47. The van der Waals surface area contributed by atoms with Crippen LogP contribution in [0.5, 0.6) is 0 Å². The van der Waals surface area contributed by atoms with E-state index < -0.39 is 0 Å². The normalized spacial score (nSPS) is 18.3. The molecule has 1 aliphatic rings. The second-order valence-electron chi connectivity index (χ2n) is 6.81. The Balaban J connectivity index is 1.44. The SMILES string of the molecule is C[C@@H](O)CN1CCC(CN(C)Cc2nc(-c3ccoc3)no2)CC1. The monoisotopic (exact) mass is 334 g/mol. The minimum Gasteiger partial charge on any atom is -0.472 e. The van der Waals surface area contributed by atoms with Crippen molar-refractivity contribution in [2.24, 2.45) is 5.92 Å². The molecule has 132 valence electrons. The summed E-state index contributed by atoms with van der Waals surface area (Å²) in [5.41, 5.74) is 0.832. The molecule has 7 heteroatoms. The van der Waals surface area contributed by atoms with Crippen LogP contribution in [0.15, 0.2) is 27.5 Å². The lowest BCUT2D eigenvalue weighted by molar-refractivity contribution is 0.0908. The Labute approximate surface area is 142 Å². The number of furan rings is 1. The molecule has 1 atom stereocenters. The minimum absolute atomic E-state index is 0.244. The highest BCUT2D eigenvalue weighted by Crippen LogP contribution is 2.20. The van der Waals surface area contributed by atoms with Crippen LogP contribution in [-0.4, -0.2) is 64.4 Å². The number of rotatable bonds is 7. The van der Waals surface area contributed by atoms with Crippen molar-refractivity contribution in [3.05, 3.63) is 24.5 Å². The summed E-state index contributed by atoms with van der Waals surface area (Å²) in [5.74, 6) is 1.87. The second kappa shape index (κ2) is 7.92. The third kappa shape index (κ3) is 4.66. The number of aromatic nitrogens is 2. The van der Waals surface area contributed by atoms with Gasteiger partial charge in [-0.3, -0.25) is 4.90 Å². The molecule has 0 aromatic carbocycles. The van der Waals surface area contributed by atoms with Gasteiger partial charge in [0, 0.05) is 13.1 Å². The fourth-order valence-electron chi connectivity index (χ4n) is 3.29. The molecule has 0 amide bonds. The van der Waals surface area contributed by atoms with Crippen LogP contribution in [0, 0.1) is 5.92 Å². The molecule has 0 aliphatic carbocycles. The lowest BCUT2D eigenvalue weighted by Gasteiger charge is -2.34. The number of hydrogen-bond donors (Lipinski definition) is 1. The van der Waals surface area contributed by atoms with Crippen molar-refractivity contribution in [3.63, 3.8) is 0 Å². The number of likely N-dealkylation sites (tertiary alicyclic amines) is 1. The van der Waals surface area contributed by atoms with Crippen molar-refractivity contribution in [1.29, 1.82) is 0 Å². The molecule has 0 spiro atoms. The molecular formula is C17H26N4O3. The summed E-state index contributed by atoms with van der Waals surface area (Å²) in [6.07, 6.45) is 5.30. The standard InChI is InChI=1S/C17H26N4O3/c1-13(22)9-21-6-3-14(4-7-21)10-20(2)11-16-18-17(19-24-16)15-5-8-23-12-15/h5,8,12-14,22H,3-4,6-7,9-11H2,1-2H3/t13-/m1/s1. The summed E-state index contributed by atoms with van der Waals surface area (Å²) >= 11 is 0. The Morgan fingerprint density at radius 2 is 2.21 bits per heavy atom. The molecule has 1 aliphatic heterocycles. The van der Waals surface area contributed by atoms with Crippen molar-refractivity contribution >= 4 is 0 Å². The highest BCUT2D eigenvalue weighted by atomic mass is 16.5. The van der Waals surface area contributed by atoms with Gasteiger partial charge < -0.3 is 18.9 Å². The number of hydrogen-bond acceptors (Lipinski definition) is 7. The van der Waals surface area contributed by atoms with E-state index in [-0.39, 0.29) is 6.10 Å². The Kier molecular flexibility index (Phi) is 5.65. The number of nitrogens with zero attached hydrogens (tertiary/aromatic N) is 4. The predicted octanol–water partition coefficient (Wildman–Crippen LogP) is 1.85. The van der Waals surface area contributed by atoms with E-state index in [1.54, 1.807) is 12.5 Å². The number of aliphatic hydroxyl groups excluding tert-OH is 1. The summed E-state index contributed by atoms with van der Waals surface area (Å²) in [5, 5.41) is 13.5. The van der Waals surface area contributed by atoms with E-state index in [1.165, 1.54) is 12.8 Å². The quantitative estimate of drug-likeness (QED) is 0.828. The molecule has 1 fully saturated rings. The van der Waals surface area contributed by atoms with Crippen LogP contribution in [0.2, 0.25) is 0 Å². The van der Waals surface area contributed by atoms with Gasteiger partial charge in [-0.1, -0.05) is 5.16 Å². The molecule has 1 saturated heterocycles. The lowest BCUT2D eigenvalue weighted by atomic mass is 9.96. The van der Waals surface area contributed by atoms with Crippen LogP contribution < -0.4 is 0 Å². The van der Waals surface area contributed by atoms with Crippen molar-refractivity contribution < 1.29 is 14.0 Å². The summed E-state index contributed by atoms with van der Waals surface area (Å²) in [4.78, 5) is 9.00. The van der Waals surface area contributed by atoms with Crippen LogP contribution in [0.3, 0.4) is 0 Å². The first kappa shape index (κ1) is 17.1. The molecule has 2 aromatic heterocycles. The molecule has 0 radical (unpaired) electrons. The Bertz CT molecular complexity index is 603. The van der Waals surface area contributed by atoms with Crippen LogP contribution in [0.1, 0.15) is 25.7 Å². The molecule has 2 aromatic rings. The molecular weight excluding hydrogens is 308 g/mol. The molecule has 1 N–H and O–H groups in total. The number of piperidine rings is 1. The van der Waals surface area contributed by atoms with Crippen LogP contribution in [0.25, 0.3) is 11.4 Å². The van der Waals surface area contributed by atoms with Gasteiger partial charge in [-0.15, -0.1) is 0 Å². The van der Waals surface area contributed by atoms with Gasteiger partial charge in [0.1, 0.15) is 6.26 Å². The van der Waals surface area contributed by atoms with Crippen molar-refractivity contribution in [1.82, 2.24) is 19.9 Å². The molecule has 0 saturated carbocycles. The third-order valence-corrected chi connectivity index (χ3v) is 4.45. The average Bonchev–Trinajstić information content (AvgIpc) is 3.19. The zero-order chi connectivity index (χ0) is 16.9. The topological polar surface area (TPSA) is 78.8 Å². The van der Waals surface area contributed by atoms with Crippen LogP contribution >= 0.6 is 0 Å². The lowest BCUT2D eigenvalue weighted by Crippen LogP contribution is -2.40.